The molecule has 3 aromatic carbocycles. The van der Waals surface area contributed by atoms with Crippen molar-refractivity contribution < 1.29 is 4.79 Å². The summed E-state index contributed by atoms with van der Waals surface area (Å²) in [6, 6.07) is 24.7. The van der Waals surface area contributed by atoms with Crippen LogP contribution in [0.1, 0.15) is 66.8 Å². The number of nitriles is 1. The minimum atomic E-state index is -0.186. The number of aryl methyl sites for hydroxylation is 1. The van der Waals surface area contributed by atoms with Crippen LogP contribution in [0.15, 0.2) is 66.7 Å². The minimum Gasteiger partial charge on any atom is -0.313 e. The van der Waals surface area contributed by atoms with Gasteiger partial charge in [-0.25, -0.2) is 0 Å². The third-order valence-corrected chi connectivity index (χ3v) is 9.68. The molecule has 0 aliphatic carbocycles. The molecule has 0 radical (unpaired) electrons. The van der Waals surface area contributed by atoms with Crippen molar-refractivity contribution in [3.05, 3.63) is 94.5 Å². The van der Waals surface area contributed by atoms with E-state index in [1.165, 1.54) is 11.1 Å². The maximum Gasteiger partial charge on any atom is 0.144 e. The molecule has 1 N–H and O–H groups in total. The highest BCUT2D eigenvalue weighted by Crippen LogP contribution is 2.41. The first-order valence-electron chi connectivity index (χ1n) is 14.5. The van der Waals surface area contributed by atoms with E-state index in [4.69, 9.17) is 5.41 Å². The van der Waals surface area contributed by atoms with Crippen molar-refractivity contribution >= 4 is 57.2 Å². The lowest BCUT2D eigenvalue weighted by Crippen LogP contribution is -2.27. The molecule has 1 saturated heterocycles. The summed E-state index contributed by atoms with van der Waals surface area (Å²) >= 11 is 4.93. The van der Waals surface area contributed by atoms with Gasteiger partial charge in [-0.1, -0.05) is 107 Å². The van der Waals surface area contributed by atoms with Crippen LogP contribution in [0.4, 0.5) is 0 Å². The number of hydrogen-bond donors (Lipinski definition) is 1. The Labute approximate surface area is 272 Å². The molecule has 214 valence electrons. The average Bonchev–Trinajstić information content (AvgIpc) is 3.43. The van der Waals surface area contributed by atoms with Crippen LogP contribution in [0.25, 0.3) is 11.1 Å². The number of nitrogens with one attached hydrogen (secondary N) is 1. The summed E-state index contributed by atoms with van der Waals surface area (Å²) in [5, 5.41) is 17.1. The molecule has 3 unspecified atom stereocenters. The number of carbonyl (C=O) groups is 1. The van der Waals surface area contributed by atoms with Gasteiger partial charge in [-0.05, 0) is 110 Å². The quantitative estimate of drug-likeness (QED) is 0.114. The molecule has 0 saturated carbocycles. The normalized spacial score (nSPS) is 17.1. The molecule has 0 spiro atoms. The van der Waals surface area contributed by atoms with E-state index in [1.807, 2.05) is 24.3 Å². The summed E-state index contributed by atoms with van der Waals surface area (Å²) in [6.07, 6.45) is 4.97. The van der Waals surface area contributed by atoms with Crippen LogP contribution in [0.3, 0.4) is 0 Å². The van der Waals surface area contributed by atoms with E-state index in [1.54, 1.807) is 6.21 Å². The Morgan fingerprint density at radius 1 is 1.15 bits per heavy atom. The van der Waals surface area contributed by atoms with Crippen molar-refractivity contribution in [1.82, 2.24) is 4.90 Å². The van der Waals surface area contributed by atoms with Gasteiger partial charge in [0.2, 0.25) is 0 Å². The first-order chi connectivity index (χ1) is 19.6. The molecular weight excluding hydrogens is 732 g/mol. The van der Waals surface area contributed by atoms with E-state index in [2.05, 4.69) is 119 Å². The average molecular weight is 772 g/mol. The standard InChI is InChI=1S/C35H39I2N3O/c1-4-27(22-39)31-14-16-40(23-31)17-15-32(34(41)20-25-9-8-24(2)33(19-25)35(3,36)37)29-12-10-28(11-13-29)30-7-5-6-26(18-30)21-38/h5-13,18-19,22,27,31-32,39H,4,14-17,20,23H2,1-3H3. The van der Waals surface area contributed by atoms with Gasteiger partial charge in [0, 0.05) is 18.9 Å². The summed E-state index contributed by atoms with van der Waals surface area (Å²) < 4.78 is -0.0319. The van der Waals surface area contributed by atoms with Crippen LogP contribution in [0.2, 0.25) is 0 Å². The lowest BCUT2D eigenvalue weighted by Gasteiger charge is -2.23. The molecule has 4 rings (SSSR count). The van der Waals surface area contributed by atoms with Crippen molar-refractivity contribution in [1.29, 1.82) is 10.7 Å². The fraction of sp³-hybridized carbons (Fsp3) is 0.400. The van der Waals surface area contributed by atoms with Gasteiger partial charge in [0.1, 0.15) is 5.78 Å². The van der Waals surface area contributed by atoms with E-state index in [-0.39, 0.29) is 13.1 Å². The molecule has 0 bridgehead atoms. The summed E-state index contributed by atoms with van der Waals surface area (Å²) in [4.78, 5) is 16.5. The molecule has 1 fully saturated rings. The Bertz CT molecular complexity index is 1400. The Morgan fingerprint density at radius 2 is 1.90 bits per heavy atom. The number of likely N-dealkylation sites (tertiary alicyclic amines) is 1. The Balaban J connectivity index is 1.56. The monoisotopic (exact) mass is 771 g/mol. The molecule has 41 heavy (non-hydrogen) atoms. The SMILES string of the molecule is CCC(C=N)C1CCN(CCC(C(=O)Cc2ccc(C)c(C(C)(I)I)c2)c2ccc(-c3cccc(C#N)c3)cc2)C1. The number of ketones is 1. The van der Waals surface area contributed by atoms with Crippen LogP contribution in [0, 0.1) is 35.5 Å². The number of hydrogen-bond acceptors (Lipinski definition) is 4. The predicted molar refractivity (Wildman–Crippen MR) is 186 cm³/mol. The van der Waals surface area contributed by atoms with Gasteiger partial charge in [-0.2, -0.15) is 5.26 Å². The molecule has 3 aromatic rings. The van der Waals surface area contributed by atoms with Crippen LogP contribution in [-0.2, 0) is 12.6 Å². The van der Waals surface area contributed by atoms with Gasteiger partial charge in [-0.3, -0.25) is 4.79 Å². The highest BCUT2D eigenvalue weighted by atomic mass is 127. The molecular formula is C35H39I2N3O. The third-order valence-electron chi connectivity index (χ3n) is 8.51. The Kier molecular flexibility index (Phi) is 11.2. The van der Waals surface area contributed by atoms with Gasteiger partial charge < -0.3 is 10.3 Å². The molecule has 1 aliphatic heterocycles. The van der Waals surface area contributed by atoms with Gasteiger partial charge in [0.05, 0.1) is 13.1 Å². The highest BCUT2D eigenvalue weighted by Gasteiger charge is 2.29. The molecule has 0 aromatic heterocycles. The van der Waals surface area contributed by atoms with Crippen molar-refractivity contribution in [2.45, 2.75) is 53.8 Å². The largest absolute Gasteiger partial charge is 0.313 e. The van der Waals surface area contributed by atoms with Crippen LogP contribution >= 0.6 is 45.2 Å². The maximum atomic E-state index is 14.0. The molecule has 6 heteroatoms. The highest BCUT2D eigenvalue weighted by molar-refractivity contribution is 14.2. The second kappa shape index (κ2) is 14.4. The van der Waals surface area contributed by atoms with E-state index in [9.17, 15) is 10.1 Å². The van der Waals surface area contributed by atoms with Gasteiger partial charge in [-0.15, -0.1) is 0 Å². The third kappa shape index (κ3) is 8.26. The predicted octanol–water partition coefficient (Wildman–Crippen LogP) is 8.86. The summed E-state index contributed by atoms with van der Waals surface area (Å²) in [5.41, 5.74) is 7.33. The Hall–Kier alpha value is -2.09. The summed E-state index contributed by atoms with van der Waals surface area (Å²) in [6.45, 7) is 9.43. The molecule has 1 heterocycles. The van der Waals surface area contributed by atoms with Crippen LogP contribution in [0.5, 0.6) is 0 Å². The number of nitrogens with zero attached hydrogens (tertiary/aromatic N) is 2. The van der Waals surface area contributed by atoms with Crippen molar-refractivity contribution in [3.8, 4) is 17.2 Å². The molecule has 1 aliphatic rings. The van der Waals surface area contributed by atoms with E-state index in [0.29, 0.717) is 23.8 Å². The molecule has 3 atom stereocenters. The number of rotatable bonds is 12. The maximum absolute atomic E-state index is 14.0. The van der Waals surface area contributed by atoms with E-state index < -0.39 is 0 Å². The topological polar surface area (TPSA) is 68.0 Å². The lowest BCUT2D eigenvalue weighted by atomic mass is 9.86. The molecule has 4 nitrogen and oxygen atoms in total. The van der Waals surface area contributed by atoms with Crippen LogP contribution < -0.4 is 0 Å². The minimum absolute atomic E-state index is 0.0319. The first kappa shape index (κ1) is 31.8. The lowest BCUT2D eigenvalue weighted by molar-refractivity contribution is -0.120. The summed E-state index contributed by atoms with van der Waals surface area (Å²) in [5.74, 6) is 0.955. The van der Waals surface area contributed by atoms with Gasteiger partial charge in [0.15, 0.2) is 0 Å². The van der Waals surface area contributed by atoms with E-state index >= 15 is 0 Å². The summed E-state index contributed by atoms with van der Waals surface area (Å²) in [7, 11) is 0. The van der Waals surface area contributed by atoms with Crippen molar-refractivity contribution in [2.75, 3.05) is 19.6 Å². The number of alkyl halides is 2. The second-order valence-corrected chi connectivity index (χ2v) is 17.8. The van der Waals surface area contributed by atoms with Crippen molar-refractivity contribution in [3.63, 3.8) is 0 Å². The van der Waals surface area contributed by atoms with Crippen LogP contribution in [-0.4, -0.2) is 36.5 Å². The zero-order valence-corrected chi connectivity index (χ0v) is 28.5. The first-order valence-corrected chi connectivity index (χ1v) is 16.6. The number of Topliss-reactive ketones (excluding diaryl/α,β-unsaturated/α-hetero) is 1. The zero-order valence-electron chi connectivity index (χ0n) is 24.2. The molecule has 0 amide bonds. The second-order valence-electron chi connectivity index (χ2n) is 11.4. The number of halogens is 2. The fourth-order valence-corrected chi connectivity index (χ4v) is 7.24. The zero-order chi connectivity index (χ0) is 29.6. The fourth-order valence-electron chi connectivity index (χ4n) is 6.08. The van der Waals surface area contributed by atoms with Gasteiger partial charge >= 0.3 is 0 Å². The van der Waals surface area contributed by atoms with Crippen molar-refractivity contribution in [2.24, 2.45) is 11.8 Å². The number of benzene rings is 3. The number of carbonyl (C=O) groups excluding carboxylic acids is 1. The van der Waals surface area contributed by atoms with Gasteiger partial charge in [0.25, 0.3) is 0 Å². The Morgan fingerprint density at radius 3 is 2.56 bits per heavy atom. The van der Waals surface area contributed by atoms with E-state index in [0.717, 1.165) is 61.2 Å². The smallest absolute Gasteiger partial charge is 0.144 e.